The number of nitrogens with zero attached hydrogens (tertiary/aromatic N) is 5. The Morgan fingerprint density at radius 2 is 1.87 bits per heavy atom. The van der Waals surface area contributed by atoms with E-state index >= 15 is 0 Å². The molecule has 1 aliphatic heterocycles. The summed E-state index contributed by atoms with van der Waals surface area (Å²) in [4.78, 5) is 7.46. The Kier molecular flexibility index (Phi) is 6.88. The molecule has 2 heterocycles. The van der Waals surface area contributed by atoms with Crippen LogP contribution in [0.5, 0.6) is 0 Å². The van der Waals surface area contributed by atoms with Crippen molar-refractivity contribution < 1.29 is 23.4 Å². The molecule has 0 saturated heterocycles. The van der Waals surface area contributed by atoms with Crippen LogP contribution in [0.15, 0.2) is 54.8 Å². The standard InChI is InChI=1S/C26H26Cl2F3N5O2/c1-3-34(4-2)17-7-15(8-17)12-35-22-11-18(36-14-32-13-33-36)10-20(26(29,30)31)23(22)25(38,24(35)37)19-6-5-16(27)9-21(19)28/h5-7,9-11,13-15,24,37-38H,3-4,8,12H2,1-2H3/t15-,24?,25?/m1/s1. The number of alkyl halides is 3. The summed E-state index contributed by atoms with van der Waals surface area (Å²) < 4.78 is 44.9. The Balaban J connectivity index is 1.69. The van der Waals surface area contributed by atoms with Crippen LogP contribution < -0.4 is 4.90 Å². The average molecular weight is 568 g/mol. The molecular formula is C26H26Cl2F3N5O2. The molecule has 0 saturated carbocycles. The van der Waals surface area contributed by atoms with Gasteiger partial charge >= 0.3 is 6.18 Å². The van der Waals surface area contributed by atoms with Gasteiger partial charge in [-0.1, -0.05) is 35.3 Å². The van der Waals surface area contributed by atoms with Gasteiger partial charge in [0.1, 0.15) is 12.7 Å². The first-order valence-electron chi connectivity index (χ1n) is 12.2. The van der Waals surface area contributed by atoms with E-state index < -0.39 is 29.1 Å². The fourth-order valence-corrected chi connectivity index (χ4v) is 5.99. The lowest BCUT2D eigenvalue weighted by atomic mass is 9.83. The van der Waals surface area contributed by atoms with Crippen LogP contribution in [0.25, 0.3) is 5.69 Å². The van der Waals surface area contributed by atoms with Gasteiger partial charge < -0.3 is 20.0 Å². The summed E-state index contributed by atoms with van der Waals surface area (Å²) in [6.45, 7) is 5.98. The summed E-state index contributed by atoms with van der Waals surface area (Å²) in [5, 5.41) is 27.8. The molecule has 2 N–H and O–H groups in total. The van der Waals surface area contributed by atoms with E-state index in [9.17, 15) is 23.4 Å². The van der Waals surface area contributed by atoms with Crippen LogP contribution in [0.4, 0.5) is 18.9 Å². The van der Waals surface area contributed by atoms with E-state index in [1.807, 2.05) is 0 Å². The van der Waals surface area contributed by atoms with Gasteiger partial charge in [0.2, 0.25) is 0 Å². The Morgan fingerprint density at radius 1 is 1.16 bits per heavy atom. The van der Waals surface area contributed by atoms with Gasteiger partial charge in [-0.2, -0.15) is 18.3 Å². The minimum absolute atomic E-state index is 0.0380. The summed E-state index contributed by atoms with van der Waals surface area (Å²) in [6.07, 6.45) is -1.37. The average Bonchev–Trinajstić information content (AvgIpc) is 3.44. The van der Waals surface area contributed by atoms with E-state index in [0.717, 1.165) is 24.9 Å². The molecule has 3 atom stereocenters. The lowest BCUT2D eigenvalue weighted by molar-refractivity contribution is -0.141. The third-order valence-corrected chi connectivity index (χ3v) is 7.84. The van der Waals surface area contributed by atoms with Gasteiger partial charge in [0.05, 0.1) is 11.3 Å². The number of hydrogen-bond donors (Lipinski definition) is 2. The van der Waals surface area contributed by atoms with Crippen LogP contribution >= 0.6 is 23.2 Å². The maximum absolute atomic E-state index is 14.6. The molecule has 5 rings (SSSR count). The van der Waals surface area contributed by atoms with E-state index in [1.165, 1.54) is 46.5 Å². The maximum Gasteiger partial charge on any atom is 0.416 e. The number of aromatic nitrogens is 3. The van der Waals surface area contributed by atoms with Crippen molar-refractivity contribution in [3.63, 3.8) is 0 Å². The number of hydrogen-bond acceptors (Lipinski definition) is 6. The first-order valence-corrected chi connectivity index (χ1v) is 12.9. The smallest absolute Gasteiger partial charge is 0.376 e. The first-order chi connectivity index (χ1) is 18.0. The van der Waals surface area contributed by atoms with Crippen molar-refractivity contribution in [3.05, 3.63) is 81.5 Å². The van der Waals surface area contributed by atoms with Crippen molar-refractivity contribution in [3.8, 4) is 5.69 Å². The number of aliphatic hydroxyl groups excluding tert-OH is 1. The van der Waals surface area contributed by atoms with Crippen LogP contribution in [-0.4, -0.2) is 55.7 Å². The number of halogens is 5. The van der Waals surface area contributed by atoms with Crippen LogP contribution in [0.2, 0.25) is 10.0 Å². The van der Waals surface area contributed by atoms with Crippen molar-refractivity contribution in [2.24, 2.45) is 5.92 Å². The van der Waals surface area contributed by atoms with Crippen LogP contribution in [0.3, 0.4) is 0 Å². The predicted molar refractivity (Wildman–Crippen MR) is 138 cm³/mol. The topological polar surface area (TPSA) is 77.7 Å². The molecule has 38 heavy (non-hydrogen) atoms. The van der Waals surface area contributed by atoms with E-state index in [4.69, 9.17) is 23.2 Å². The molecule has 1 aromatic heterocycles. The zero-order valence-electron chi connectivity index (χ0n) is 20.6. The lowest BCUT2D eigenvalue weighted by Crippen LogP contribution is -2.48. The minimum Gasteiger partial charge on any atom is -0.376 e. The number of anilines is 1. The van der Waals surface area contributed by atoms with Crippen LogP contribution in [-0.2, 0) is 11.8 Å². The number of allylic oxidation sites excluding steroid dienone is 1. The third kappa shape index (κ3) is 4.33. The zero-order chi connectivity index (χ0) is 27.4. The monoisotopic (exact) mass is 567 g/mol. The Labute approximate surface area is 227 Å². The highest BCUT2D eigenvalue weighted by atomic mass is 35.5. The van der Waals surface area contributed by atoms with E-state index in [0.29, 0.717) is 6.42 Å². The normalized spacial score (nSPS) is 22.8. The van der Waals surface area contributed by atoms with Crippen molar-refractivity contribution in [1.29, 1.82) is 0 Å². The molecule has 0 amide bonds. The SMILES string of the molecule is CCN(CC)C1=C[C@@H](CN2c3cc(-n4cncn4)cc(C(F)(F)F)c3C(O)(c3ccc(Cl)cc3Cl)C2O)C1. The minimum atomic E-state index is -4.87. The highest BCUT2D eigenvalue weighted by molar-refractivity contribution is 6.35. The molecule has 0 radical (unpaired) electrons. The molecule has 2 aliphatic rings. The number of rotatable bonds is 7. The Morgan fingerprint density at radius 3 is 2.45 bits per heavy atom. The van der Waals surface area contributed by atoms with Gasteiger partial charge in [0.15, 0.2) is 11.8 Å². The molecule has 2 unspecified atom stereocenters. The largest absolute Gasteiger partial charge is 0.416 e. The second-order valence-electron chi connectivity index (χ2n) is 9.44. The molecule has 12 heteroatoms. The Bertz CT molecular complexity index is 1380. The second kappa shape index (κ2) is 9.75. The molecule has 3 aromatic rings. The fourth-order valence-electron chi connectivity index (χ4n) is 5.43. The van der Waals surface area contributed by atoms with E-state index in [2.05, 4.69) is 34.9 Å². The number of benzene rings is 2. The molecule has 0 spiro atoms. The highest BCUT2D eigenvalue weighted by Crippen LogP contribution is 2.54. The maximum atomic E-state index is 14.6. The van der Waals surface area contributed by atoms with Gasteiger partial charge in [-0.15, -0.1) is 0 Å². The third-order valence-electron chi connectivity index (χ3n) is 7.29. The molecule has 0 fully saturated rings. The van der Waals surface area contributed by atoms with Gasteiger partial charge in [0.25, 0.3) is 0 Å². The quantitative estimate of drug-likeness (QED) is 0.408. The summed E-state index contributed by atoms with van der Waals surface area (Å²) >= 11 is 12.4. The second-order valence-corrected chi connectivity index (χ2v) is 10.3. The summed E-state index contributed by atoms with van der Waals surface area (Å²) in [6, 6.07) is 6.44. The number of aliphatic hydroxyl groups is 2. The molecule has 202 valence electrons. The van der Waals surface area contributed by atoms with E-state index in [1.54, 1.807) is 0 Å². The van der Waals surface area contributed by atoms with Crippen molar-refractivity contribution in [2.45, 2.75) is 38.3 Å². The van der Waals surface area contributed by atoms with Crippen LogP contribution in [0, 0.1) is 5.92 Å². The van der Waals surface area contributed by atoms with Gasteiger partial charge in [-0.25, -0.2) is 9.67 Å². The van der Waals surface area contributed by atoms with E-state index in [-0.39, 0.29) is 39.4 Å². The number of fused-ring (bicyclic) bond motifs is 1. The van der Waals surface area contributed by atoms with Crippen LogP contribution in [0.1, 0.15) is 37.0 Å². The van der Waals surface area contributed by atoms with Gasteiger partial charge in [0, 0.05) is 58.1 Å². The molecular weight excluding hydrogens is 542 g/mol. The highest BCUT2D eigenvalue weighted by Gasteiger charge is 2.56. The predicted octanol–water partition coefficient (Wildman–Crippen LogP) is 5.21. The summed E-state index contributed by atoms with van der Waals surface area (Å²) in [5.41, 5.74) is -2.87. The molecule has 7 nitrogen and oxygen atoms in total. The van der Waals surface area contributed by atoms with Gasteiger partial charge in [-0.3, -0.25) is 0 Å². The molecule has 2 aromatic carbocycles. The first kappa shape index (κ1) is 26.8. The fraction of sp³-hybridized carbons (Fsp3) is 0.385. The summed E-state index contributed by atoms with van der Waals surface area (Å²) in [7, 11) is 0. The lowest BCUT2D eigenvalue weighted by Gasteiger charge is -2.38. The summed E-state index contributed by atoms with van der Waals surface area (Å²) in [5.74, 6) is -0.0412. The van der Waals surface area contributed by atoms with Crippen molar-refractivity contribution in [1.82, 2.24) is 19.7 Å². The van der Waals surface area contributed by atoms with Crippen molar-refractivity contribution >= 4 is 28.9 Å². The molecule has 1 aliphatic carbocycles. The Hall–Kier alpha value is -2.79. The zero-order valence-corrected chi connectivity index (χ0v) is 22.1. The van der Waals surface area contributed by atoms with Crippen molar-refractivity contribution in [2.75, 3.05) is 24.5 Å². The van der Waals surface area contributed by atoms with Gasteiger partial charge in [-0.05, 0) is 44.5 Å². The molecule has 0 bridgehead atoms.